The Hall–Kier alpha value is -3.19. The van der Waals surface area contributed by atoms with Gasteiger partial charge in [0.2, 0.25) is 0 Å². The summed E-state index contributed by atoms with van der Waals surface area (Å²) in [4.78, 5) is 16.5. The van der Waals surface area contributed by atoms with Crippen LogP contribution in [0.2, 0.25) is 0 Å². The third kappa shape index (κ3) is 5.73. The summed E-state index contributed by atoms with van der Waals surface area (Å²) in [6, 6.07) is 17.2. The predicted molar refractivity (Wildman–Crippen MR) is 129 cm³/mol. The molecule has 0 amide bonds. The van der Waals surface area contributed by atoms with Crippen LogP contribution >= 0.6 is 0 Å². The zero-order valence-corrected chi connectivity index (χ0v) is 19.6. The molecule has 0 aliphatic carbocycles. The van der Waals surface area contributed by atoms with Crippen LogP contribution in [-0.2, 0) is 22.4 Å². The van der Waals surface area contributed by atoms with Gasteiger partial charge in [0.1, 0.15) is 6.07 Å². The van der Waals surface area contributed by atoms with Crippen molar-refractivity contribution in [2.75, 3.05) is 6.61 Å². The monoisotopic (exact) mass is 428 g/mol. The van der Waals surface area contributed by atoms with E-state index in [1.54, 1.807) is 0 Å². The third-order valence-electron chi connectivity index (χ3n) is 5.58. The van der Waals surface area contributed by atoms with E-state index >= 15 is 0 Å². The summed E-state index contributed by atoms with van der Waals surface area (Å²) in [6.07, 6.45) is 3.81. The minimum atomic E-state index is -0.131. The minimum absolute atomic E-state index is 0.131. The fraction of sp³-hybridized carbons (Fsp3) is 0.393. The van der Waals surface area contributed by atoms with Gasteiger partial charge in [-0.25, -0.2) is 0 Å². The Morgan fingerprint density at radius 1 is 1.12 bits per heavy atom. The van der Waals surface area contributed by atoms with Gasteiger partial charge in [0.15, 0.2) is 0 Å². The zero-order chi connectivity index (χ0) is 23.1. The number of unbranched alkanes of at least 4 members (excludes halogenated alkanes) is 1. The van der Waals surface area contributed by atoms with Crippen molar-refractivity contribution in [3.63, 3.8) is 0 Å². The van der Waals surface area contributed by atoms with Gasteiger partial charge in [-0.15, -0.1) is 0 Å². The van der Waals surface area contributed by atoms with E-state index in [1.165, 1.54) is 11.1 Å². The Balaban J connectivity index is 2.00. The number of nitrogens with zero attached hydrogens (tertiary/aromatic N) is 2. The molecule has 3 aromatic rings. The number of fused-ring (bicyclic) bond motifs is 1. The maximum Gasteiger partial charge on any atom is 0.305 e. The van der Waals surface area contributed by atoms with Crippen LogP contribution in [0.5, 0.6) is 0 Å². The van der Waals surface area contributed by atoms with E-state index in [0.717, 1.165) is 53.4 Å². The molecule has 1 aromatic heterocycles. The molecule has 0 aliphatic heterocycles. The van der Waals surface area contributed by atoms with E-state index in [4.69, 9.17) is 9.72 Å². The SMILES string of the molecule is CCOC(=O)CCCCc1ccc2nc(CC(C)C)c(C#N)c(-c3ccc(C)cc3)c2c1. The van der Waals surface area contributed by atoms with E-state index in [2.05, 4.69) is 69.3 Å². The number of aromatic nitrogens is 1. The van der Waals surface area contributed by atoms with Crippen molar-refractivity contribution < 1.29 is 9.53 Å². The number of pyridine rings is 1. The van der Waals surface area contributed by atoms with Crippen LogP contribution < -0.4 is 0 Å². The van der Waals surface area contributed by atoms with Gasteiger partial charge in [-0.2, -0.15) is 5.26 Å². The lowest BCUT2D eigenvalue weighted by molar-refractivity contribution is -0.143. The van der Waals surface area contributed by atoms with Gasteiger partial charge in [-0.3, -0.25) is 9.78 Å². The highest BCUT2D eigenvalue weighted by Crippen LogP contribution is 2.34. The molecule has 4 nitrogen and oxygen atoms in total. The zero-order valence-electron chi connectivity index (χ0n) is 19.6. The van der Waals surface area contributed by atoms with E-state index in [9.17, 15) is 10.1 Å². The molecule has 0 fully saturated rings. The molecule has 166 valence electrons. The van der Waals surface area contributed by atoms with Crippen LogP contribution in [0.15, 0.2) is 42.5 Å². The number of nitriles is 1. The maximum atomic E-state index is 11.6. The molecule has 2 aromatic carbocycles. The van der Waals surface area contributed by atoms with E-state index in [0.29, 0.717) is 24.5 Å². The average molecular weight is 429 g/mol. The van der Waals surface area contributed by atoms with Gasteiger partial charge in [0.25, 0.3) is 0 Å². The van der Waals surface area contributed by atoms with Gasteiger partial charge in [-0.1, -0.05) is 49.7 Å². The van der Waals surface area contributed by atoms with Crippen LogP contribution in [0.4, 0.5) is 0 Å². The van der Waals surface area contributed by atoms with Crippen molar-refractivity contribution >= 4 is 16.9 Å². The molecular weight excluding hydrogens is 396 g/mol. The van der Waals surface area contributed by atoms with Gasteiger partial charge < -0.3 is 4.74 Å². The number of benzene rings is 2. The number of hydrogen-bond donors (Lipinski definition) is 0. The van der Waals surface area contributed by atoms with Crippen molar-refractivity contribution in [3.8, 4) is 17.2 Å². The first-order chi connectivity index (χ1) is 15.4. The van der Waals surface area contributed by atoms with Crippen molar-refractivity contribution in [1.82, 2.24) is 4.98 Å². The van der Waals surface area contributed by atoms with Gasteiger partial charge in [0, 0.05) is 17.4 Å². The fourth-order valence-corrected chi connectivity index (χ4v) is 4.02. The number of rotatable bonds is 9. The highest BCUT2D eigenvalue weighted by Gasteiger charge is 2.18. The topological polar surface area (TPSA) is 63.0 Å². The van der Waals surface area contributed by atoms with Gasteiger partial charge in [-0.05, 0) is 68.7 Å². The average Bonchev–Trinajstić information content (AvgIpc) is 2.76. The van der Waals surface area contributed by atoms with Crippen molar-refractivity contribution in [2.45, 2.75) is 59.8 Å². The number of carbonyl (C=O) groups is 1. The molecule has 0 bridgehead atoms. The first-order valence-electron chi connectivity index (χ1n) is 11.5. The Morgan fingerprint density at radius 3 is 2.53 bits per heavy atom. The Bertz CT molecular complexity index is 1120. The summed E-state index contributed by atoms with van der Waals surface area (Å²) in [5.74, 6) is 0.282. The molecule has 0 radical (unpaired) electrons. The predicted octanol–water partition coefficient (Wildman–Crippen LogP) is 6.56. The lowest BCUT2D eigenvalue weighted by Gasteiger charge is -2.16. The molecule has 0 saturated heterocycles. The highest BCUT2D eigenvalue weighted by molar-refractivity contribution is 5.98. The molecule has 0 atom stereocenters. The molecule has 0 spiro atoms. The molecule has 4 heteroatoms. The molecule has 3 rings (SSSR count). The van der Waals surface area contributed by atoms with Crippen LogP contribution in [0, 0.1) is 24.2 Å². The van der Waals surface area contributed by atoms with E-state index in [-0.39, 0.29) is 5.97 Å². The molecule has 1 heterocycles. The summed E-state index contributed by atoms with van der Waals surface area (Å²) in [5.41, 5.74) is 6.87. The number of hydrogen-bond acceptors (Lipinski definition) is 4. The normalized spacial score (nSPS) is 11.0. The van der Waals surface area contributed by atoms with Crippen LogP contribution in [-0.4, -0.2) is 17.6 Å². The second-order valence-electron chi connectivity index (χ2n) is 8.75. The molecule has 0 N–H and O–H groups in total. The van der Waals surface area contributed by atoms with E-state index < -0.39 is 0 Å². The highest BCUT2D eigenvalue weighted by atomic mass is 16.5. The molecule has 32 heavy (non-hydrogen) atoms. The van der Waals surface area contributed by atoms with Crippen LogP contribution in [0.25, 0.3) is 22.0 Å². The molecule has 0 unspecified atom stereocenters. The summed E-state index contributed by atoms with van der Waals surface area (Å²) in [6.45, 7) is 8.63. The summed E-state index contributed by atoms with van der Waals surface area (Å²) in [5, 5.41) is 11.1. The van der Waals surface area contributed by atoms with Gasteiger partial charge >= 0.3 is 5.97 Å². The van der Waals surface area contributed by atoms with E-state index in [1.807, 2.05) is 6.92 Å². The summed E-state index contributed by atoms with van der Waals surface area (Å²) in [7, 11) is 0. The first-order valence-corrected chi connectivity index (χ1v) is 11.5. The molecular formula is C28H32N2O2. The lowest BCUT2D eigenvalue weighted by Crippen LogP contribution is -2.04. The second kappa shape index (κ2) is 10.9. The van der Waals surface area contributed by atoms with Gasteiger partial charge in [0.05, 0.1) is 23.4 Å². The first kappa shape index (κ1) is 23.5. The van der Waals surface area contributed by atoms with Crippen molar-refractivity contribution in [2.24, 2.45) is 5.92 Å². The number of carbonyl (C=O) groups excluding carboxylic acids is 1. The Labute approximate surface area is 191 Å². The fourth-order valence-electron chi connectivity index (χ4n) is 4.02. The smallest absolute Gasteiger partial charge is 0.305 e. The molecule has 0 aliphatic rings. The Kier molecular flexibility index (Phi) is 8.00. The second-order valence-corrected chi connectivity index (χ2v) is 8.75. The standard InChI is InChI=1S/C28H32N2O2/c1-5-32-27(31)9-7-6-8-21-12-15-25-23(17-21)28(22-13-10-20(4)11-14-22)24(18-29)26(30-25)16-19(2)3/h10-15,17,19H,5-9,16H2,1-4H3. The number of esters is 1. The molecule has 0 saturated carbocycles. The Morgan fingerprint density at radius 2 is 1.88 bits per heavy atom. The van der Waals surface area contributed by atoms with Crippen molar-refractivity contribution in [3.05, 3.63) is 64.8 Å². The number of aryl methyl sites for hydroxylation is 2. The van der Waals surface area contributed by atoms with Crippen LogP contribution in [0.3, 0.4) is 0 Å². The van der Waals surface area contributed by atoms with Crippen molar-refractivity contribution in [1.29, 1.82) is 5.26 Å². The quantitative estimate of drug-likeness (QED) is 0.286. The van der Waals surface area contributed by atoms with Crippen LogP contribution in [0.1, 0.15) is 62.4 Å². The maximum absolute atomic E-state index is 11.6. The lowest BCUT2D eigenvalue weighted by atomic mass is 9.90. The largest absolute Gasteiger partial charge is 0.466 e. The summed E-state index contributed by atoms with van der Waals surface area (Å²) < 4.78 is 5.01. The third-order valence-corrected chi connectivity index (χ3v) is 5.58. The summed E-state index contributed by atoms with van der Waals surface area (Å²) >= 11 is 0. The minimum Gasteiger partial charge on any atom is -0.466 e. The number of ether oxygens (including phenoxy) is 1.